The molecule has 0 saturated heterocycles. The zero-order chi connectivity index (χ0) is 21.1. The van der Waals surface area contributed by atoms with Gasteiger partial charge in [-0.25, -0.2) is 16.8 Å². The summed E-state index contributed by atoms with van der Waals surface area (Å²) in [7, 11) is -6.12. The van der Waals surface area contributed by atoms with Crippen LogP contribution in [0.4, 0.5) is 11.4 Å². The highest BCUT2D eigenvalue weighted by Gasteiger charge is 2.18. The van der Waals surface area contributed by atoms with Crippen LogP contribution in [0.15, 0.2) is 70.7 Å². The number of nitrogens with one attached hydrogen (secondary N) is 2. The van der Waals surface area contributed by atoms with Crippen molar-refractivity contribution in [3.05, 3.63) is 60.9 Å². The Morgan fingerprint density at radius 1 is 0.862 bits per heavy atom. The number of rotatable bonds is 8. The lowest BCUT2D eigenvalue weighted by Gasteiger charge is -2.10. The molecule has 0 saturated carbocycles. The number of hydrogen-bond donors (Lipinski definition) is 2. The second-order valence-corrected chi connectivity index (χ2v) is 9.36. The topological polar surface area (TPSA) is 119 Å². The number of aryl methyl sites for hydroxylation is 1. The van der Waals surface area contributed by atoms with Gasteiger partial charge in [0, 0.05) is 24.1 Å². The fraction of sp³-hybridized carbons (Fsp3) is 0.167. The lowest BCUT2D eigenvalue weighted by Crippen LogP contribution is -2.14. The third-order valence-corrected chi connectivity index (χ3v) is 6.74. The van der Waals surface area contributed by atoms with E-state index >= 15 is 0 Å². The molecule has 1 heterocycles. The van der Waals surface area contributed by atoms with Gasteiger partial charge in [0.15, 0.2) is 0 Å². The van der Waals surface area contributed by atoms with Crippen LogP contribution in [0.1, 0.15) is 6.92 Å². The summed E-state index contributed by atoms with van der Waals surface area (Å²) >= 11 is 0. The van der Waals surface area contributed by atoms with Crippen molar-refractivity contribution in [2.45, 2.75) is 23.3 Å². The number of anilines is 2. The molecule has 0 aliphatic rings. The smallest absolute Gasteiger partial charge is 0.265 e. The van der Waals surface area contributed by atoms with Gasteiger partial charge in [-0.1, -0.05) is 0 Å². The first-order chi connectivity index (χ1) is 13.7. The maximum atomic E-state index is 12.5. The summed E-state index contributed by atoms with van der Waals surface area (Å²) in [5, 5.41) is 3.94. The Balaban J connectivity index is 1.74. The van der Waals surface area contributed by atoms with E-state index in [4.69, 9.17) is 4.74 Å². The van der Waals surface area contributed by atoms with Crippen molar-refractivity contribution in [2.24, 2.45) is 0 Å². The van der Waals surface area contributed by atoms with Crippen LogP contribution >= 0.6 is 0 Å². The molecule has 0 bridgehead atoms. The molecule has 0 aliphatic carbocycles. The SMILES string of the molecule is CCn1cc(S(=O)(=O)Nc2ccc(S(=O)(=O)Nc3ccc(OC)cc3)cc2)cn1. The monoisotopic (exact) mass is 436 g/mol. The van der Waals surface area contributed by atoms with E-state index in [1.807, 2.05) is 6.92 Å². The molecule has 0 atom stereocenters. The van der Waals surface area contributed by atoms with E-state index in [2.05, 4.69) is 14.5 Å². The van der Waals surface area contributed by atoms with Gasteiger partial charge >= 0.3 is 0 Å². The van der Waals surface area contributed by atoms with E-state index in [-0.39, 0.29) is 15.5 Å². The maximum Gasteiger partial charge on any atom is 0.265 e. The third-order valence-electron chi connectivity index (χ3n) is 4.00. The summed E-state index contributed by atoms with van der Waals surface area (Å²) in [5.41, 5.74) is 0.612. The largest absolute Gasteiger partial charge is 0.497 e. The highest BCUT2D eigenvalue weighted by atomic mass is 32.2. The summed E-state index contributed by atoms with van der Waals surface area (Å²) < 4.78 is 61.2. The van der Waals surface area contributed by atoms with E-state index in [9.17, 15) is 16.8 Å². The number of methoxy groups -OCH3 is 1. The molecule has 3 aromatic rings. The van der Waals surface area contributed by atoms with Crippen LogP contribution in [-0.4, -0.2) is 33.7 Å². The van der Waals surface area contributed by atoms with Crippen molar-refractivity contribution in [3.8, 4) is 5.75 Å². The normalized spacial score (nSPS) is 11.8. The summed E-state index contributed by atoms with van der Waals surface area (Å²) in [6.45, 7) is 2.39. The Morgan fingerprint density at radius 3 is 1.86 bits per heavy atom. The molecule has 2 N–H and O–H groups in total. The average molecular weight is 437 g/mol. The van der Waals surface area contributed by atoms with E-state index in [1.54, 1.807) is 24.3 Å². The molecule has 0 aliphatic heterocycles. The Kier molecular flexibility index (Phi) is 5.80. The Bertz CT molecular complexity index is 1190. The lowest BCUT2D eigenvalue weighted by atomic mass is 10.3. The first kappa shape index (κ1) is 20.7. The predicted molar refractivity (Wildman–Crippen MR) is 109 cm³/mol. The van der Waals surface area contributed by atoms with Crippen molar-refractivity contribution in [1.29, 1.82) is 0 Å². The van der Waals surface area contributed by atoms with E-state index in [0.717, 1.165) is 0 Å². The van der Waals surface area contributed by atoms with Gasteiger partial charge in [-0.2, -0.15) is 5.10 Å². The molecule has 1 aromatic heterocycles. The van der Waals surface area contributed by atoms with Gasteiger partial charge in [-0.05, 0) is 55.5 Å². The van der Waals surface area contributed by atoms with Gasteiger partial charge in [-0.15, -0.1) is 0 Å². The highest BCUT2D eigenvalue weighted by molar-refractivity contribution is 7.93. The highest BCUT2D eigenvalue weighted by Crippen LogP contribution is 2.22. The molecule has 29 heavy (non-hydrogen) atoms. The number of benzene rings is 2. The minimum atomic E-state index is -3.83. The summed E-state index contributed by atoms with van der Waals surface area (Å²) in [5.74, 6) is 0.606. The summed E-state index contributed by atoms with van der Waals surface area (Å²) in [6, 6.07) is 11.8. The number of nitrogens with zero attached hydrogens (tertiary/aromatic N) is 2. The number of hydrogen-bond acceptors (Lipinski definition) is 6. The molecule has 154 valence electrons. The second-order valence-electron chi connectivity index (χ2n) is 6.00. The van der Waals surface area contributed by atoms with Crippen LogP contribution in [-0.2, 0) is 26.6 Å². The van der Waals surface area contributed by atoms with Gasteiger partial charge in [0.05, 0.1) is 18.2 Å². The molecule has 0 amide bonds. The minimum absolute atomic E-state index is 0.00457. The summed E-state index contributed by atoms with van der Waals surface area (Å²) in [6.07, 6.45) is 2.67. The molecule has 0 unspecified atom stereocenters. The molecular weight excluding hydrogens is 416 g/mol. The van der Waals surface area contributed by atoms with Crippen molar-refractivity contribution in [3.63, 3.8) is 0 Å². The Morgan fingerprint density at radius 2 is 1.38 bits per heavy atom. The molecule has 11 heteroatoms. The van der Waals surface area contributed by atoms with Crippen LogP contribution in [0.25, 0.3) is 0 Å². The van der Waals surface area contributed by atoms with Crippen molar-refractivity contribution < 1.29 is 21.6 Å². The second kappa shape index (κ2) is 8.13. The lowest BCUT2D eigenvalue weighted by molar-refractivity contribution is 0.415. The molecule has 0 radical (unpaired) electrons. The van der Waals surface area contributed by atoms with Gasteiger partial charge < -0.3 is 4.74 Å². The van der Waals surface area contributed by atoms with Crippen LogP contribution < -0.4 is 14.2 Å². The molecule has 0 spiro atoms. The minimum Gasteiger partial charge on any atom is -0.497 e. The number of sulfonamides is 2. The fourth-order valence-corrected chi connectivity index (χ4v) is 4.51. The van der Waals surface area contributed by atoms with Gasteiger partial charge in [0.1, 0.15) is 10.6 Å². The van der Waals surface area contributed by atoms with E-state index in [0.29, 0.717) is 18.0 Å². The van der Waals surface area contributed by atoms with Crippen LogP contribution in [0.3, 0.4) is 0 Å². The van der Waals surface area contributed by atoms with E-state index in [1.165, 1.54) is 48.5 Å². The van der Waals surface area contributed by atoms with Crippen molar-refractivity contribution in [1.82, 2.24) is 9.78 Å². The molecule has 2 aromatic carbocycles. The fourth-order valence-electron chi connectivity index (χ4n) is 2.45. The van der Waals surface area contributed by atoms with Crippen LogP contribution in [0.2, 0.25) is 0 Å². The molecular formula is C18H20N4O5S2. The van der Waals surface area contributed by atoms with Crippen LogP contribution in [0, 0.1) is 0 Å². The zero-order valence-electron chi connectivity index (χ0n) is 15.7. The predicted octanol–water partition coefficient (Wildman–Crippen LogP) is 2.51. The molecule has 9 nitrogen and oxygen atoms in total. The third kappa shape index (κ3) is 4.87. The standard InChI is InChI=1S/C18H20N4O5S2/c1-3-22-13-18(12-19-22)29(25,26)21-15-6-10-17(11-7-15)28(23,24)20-14-4-8-16(27-2)9-5-14/h4-13,20-21H,3H2,1-2H3. The Labute approximate surface area is 169 Å². The first-order valence-corrected chi connectivity index (χ1v) is 11.5. The van der Waals surface area contributed by atoms with Crippen molar-refractivity contribution in [2.75, 3.05) is 16.6 Å². The van der Waals surface area contributed by atoms with Crippen molar-refractivity contribution >= 4 is 31.4 Å². The average Bonchev–Trinajstić information content (AvgIpc) is 3.19. The molecule has 0 fully saturated rings. The number of aromatic nitrogens is 2. The van der Waals surface area contributed by atoms with Gasteiger partial charge in [-0.3, -0.25) is 14.1 Å². The van der Waals surface area contributed by atoms with E-state index < -0.39 is 20.0 Å². The molecule has 3 rings (SSSR count). The zero-order valence-corrected chi connectivity index (χ0v) is 17.4. The summed E-state index contributed by atoms with van der Waals surface area (Å²) in [4.78, 5) is 0.0206. The number of ether oxygens (including phenoxy) is 1. The maximum absolute atomic E-state index is 12.5. The van der Waals surface area contributed by atoms with Crippen LogP contribution in [0.5, 0.6) is 5.75 Å². The Hall–Kier alpha value is -3.05. The first-order valence-electron chi connectivity index (χ1n) is 8.56. The quantitative estimate of drug-likeness (QED) is 0.560. The van der Waals surface area contributed by atoms with Gasteiger partial charge in [0.2, 0.25) is 0 Å². The van der Waals surface area contributed by atoms with Gasteiger partial charge in [0.25, 0.3) is 20.0 Å².